The lowest BCUT2D eigenvalue weighted by Gasteiger charge is -1.95. The van der Waals surface area contributed by atoms with Crippen LogP contribution in [-0.2, 0) is 0 Å². The van der Waals surface area contributed by atoms with Crippen LogP contribution in [0.2, 0.25) is 0 Å². The number of rotatable bonds is 2. The molecule has 12 heavy (non-hydrogen) atoms. The molecule has 0 atom stereocenters. The molecule has 1 aromatic rings. The fourth-order valence-corrected chi connectivity index (χ4v) is 1.14. The van der Waals surface area contributed by atoms with E-state index in [-0.39, 0.29) is 0 Å². The minimum Gasteiger partial charge on any atom is -0.379 e. The average molecular weight is 293 g/mol. The first-order valence-corrected chi connectivity index (χ1v) is 4.84. The summed E-state index contributed by atoms with van der Waals surface area (Å²) in [6, 6.07) is 3.71. The SMILES string of the molecule is CN/C=N/c1ccc(Br)c(Br)n1. The summed E-state index contributed by atoms with van der Waals surface area (Å²) >= 11 is 6.61. The molecule has 0 spiro atoms. The van der Waals surface area contributed by atoms with Gasteiger partial charge in [0.1, 0.15) is 4.60 Å². The fourth-order valence-electron chi connectivity index (χ4n) is 0.610. The second-order valence-electron chi connectivity index (χ2n) is 1.99. The molecule has 0 bridgehead atoms. The van der Waals surface area contributed by atoms with Gasteiger partial charge in [-0.3, -0.25) is 0 Å². The minimum absolute atomic E-state index is 0.666. The zero-order chi connectivity index (χ0) is 8.97. The quantitative estimate of drug-likeness (QED) is 0.517. The van der Waals surface area contributed by atoms with Crippen molar-refractivity contribution in [3.8, 4) is 0 Å². The van der Waals surface area contributed by atoms with Crippen LogP contribution < -0.4 is 5.32 Å². The maximum absolute atomic E-state index is 4.14. The number of nitrogens with one attached hydrogen (secondary N) is 1. The smallest absolute Gasteiger partial charge is 0.154 e. The number of hydrogen-bond donors (Lipinski definition) is 1. The molecule has 0 aliphatic heterocycles. The van der Waals surface area contributed by atoms with Gasteiger partial charge in [-0.1, -0.05) is 0 Å². The first kappa shape index (κ1) is 9.67. The molecule has 0 unspecified atom stereocenters. The predicted molar refractivity (Wildman–Crippen MR) is 56.8 cm³/mol. The minimum atomic E-state index is 0.666. The lowest BCUT2D eigenvalue weighted by Crippen LogP contribution is -1.99. The lowest BCUT2D eigenvalue weighted by molar-refractivity contribution is 1.17. The van der Waals surface area contributed by atoms with Crippen LogP contribution in [0.1, 0.15) is 0 Å². The van der Waals surface area contributed by atoms with Crippen molar-refractivity contribution in [3.05, 3.63) is 21.2 Å². The van der Waals surface area contributed by atoms with Gasteiger partial charge in [-0.05, 0) is 44.0 Å². The number of aromatic nitrogens is 1. The van der Waals surface area contributed by atoms with E-state index in [1.165, 1.54) is 0 Å². The molecule has 0 fully saturated rings. The monoisotopic (exact) mass is 291 g/mol. The van der Waals surface area contributed by atoms with E-state index in [1.807, 2.05) is 12.1 Å². The fraction of sp³-hybridized carbons (Fsp3) is 0.143. The first-order valence-electron chi connectivity index (χ1n) is 3.26. The molecule has 3 nitrogen and oxygen atoms in total. The number of hydrogen-bond acceptors (Lipinski definition) is 2. The molecule has 1 N–H and O–H groups in total. The number of aliphatic imine (C=N–C) groups is 1. The van der Waals surface area contributed by atoms with E-state index in [0.29, 0.717) is 5.82 Å². The van der Waals surface area contributed by atoms with E-state index < -0.39 is 0 Å². The van der Waals surface area contributed by atoms with Crippen molar-refractivity contribution in [2.24, 2.45) is 4.99 Å². The maximum atomic E-state index is 4.14. The highest BCUT2D eigenvalue weighted by Gasteiger charge is 1.97. The van der Waals surface area contributed by atoms with Crippen molar-refractivity contribution in [1.82, 2.24) is 10.3 Å². The molecule has 0 amide bonds. The molecular weight excluding hydrogens is 286 g/mol. The molecule has 0 saturated carbocycles. The van der Waals surface area contributed by atoms with E-state index in [1.54, 1.807) is 13.4 Å². The van der Waals surface area contributed by atoms with Crippen LogP contribution >= 0.6 is 31.9 Å². The Morgan fingerprint density at radius 2 is 2.25 bits per heavy atom. The van der Waals surface area contributed by atoms with Gasteiger partial charge in [0.05, 0.1) is 10.8 Å². The van der Waals surface area contributed by atoms with E-state index in [9.17, 15) is 0 Å². The van der Waals surface area contributed by atoms with Crippen molar-refractivity contribution in [2.75, 3.05) is 7.05 Å². The highest BCUT2D eigenvalue weighted by Crippen LogP contribution is 2.23. The van der Waals surface area contributed by atoms with Gasteiger partial charge in [-0.2, -0.15) is 0 Å². The summed E-state index contributed by atoms with van der Waals surface area (Å²) < 4.78 is 1.68. The largest absolute Gasteiger partial charge is 0.379 e. The average Bonchev–Trinajstić information content (AvgIpc) is 2.07. The van der Waals surface area contributed by atoms with E-state index in [4.69, 9.17) is 0 Å². The van der Waals surface area contributed by atoms with E-state index >= 15 is 0 Å². The Morgan fingerprint density at radius 3 is 2.83 bits per heavy atom. The van der Waals surface area contributed by atoms with Gasteiger partial charge in [0.2, 0.25) is 0 Å². The van der Waals surface area contributed by atoms with Crippen LogP contribution in [0.3, 0.4) is 0 Å². The van der Waals surface area contributed by atoms with Crippen molar-refractivity contribution in [3.63, 3.8) is 0 Å². The maximum Gasteiger partial charge on any atom is 0.154 e. The molecular formula is C7H7Br2N3. The molecule has 0 saturated heterocycles. The highest BCUT2D eigenvalue weighted by atomic mass is 79.9. The third-order valence-corrected chi connectivity index (χ3v) is 2.89. The molecule has 1 heterocycles. The summed E-state index contributed by atoms with van der Waals surface area (Å²) in [4.78, 5) is 8.17. The standard InChI is InChI=1S/C7H7Br2N3/c1-10-4-11-6-3-2-5(8)7(9)12-6/h2-4H,1H3,(H,10,11,12). The summed E-state index contributed by atoms with van der Waals surface area (Å²) in [6.45, 7) is 0. The topological polar surface area (TPSA) is 37.3 Å². The normalized spacial score (nSPS) is 10.6. The van der Waals surface area contributed by atoms with Gasteiger partial charge < -0.3 is 5.32 Å². The van der Waals surface area contributed by atoms with Crippen LogP contribution in [0.25, 0.3) is 0 Å². The van der Waals surface area contributed by atoms with Gasteiger partial charge in [-0.15, -0.1) is 0 Å². The zero-order valence-corrected chi connectivity index (χ0v) is 9.55. The Balaban J connectivity index is 2.89. The van der Waals surface area contributed by atoms with Crippen molar-refractivity contribution >= 4 is 44.0 Å². The van der Waals surface area contributed by atoms with Crippen LogP contribution in [0.5, 0.6) is 0 Å². The summed E-state index contributed by atoms with van der Waals surface area (Å²) in [5.74, 6) is 0.666. The first-order chi connectivity index (χ1) is 5.74. The Morgan fingerprint density at radius 1 is 1.50 bits per heavy atom. The summed E-state index contributed by atoms with van der Waals surface area (Å²) in [5.41, 5.74) is 0. The summed E-state index contributed by atoms with van der Waals surface area (Å²) in [6.07, 6.45) is 1.59. The molecule has 1 aromatic heterocycles. The van der Waals surface area contributed by atoms with Crippen LogP contribution in [0, 0.1) is 0 Å². The molecule has 0 aliphatic carbocycles. The van der Waals surface area contributed by atoms with E-state index in [2.05, 4.69) is 47.2 Å². The molecule has 0 aliphatic rings. The Bertz CT molecular complexity index is 299. The van der Waals surface area contributed by atoms with Gasteiger partial charge in [0.15, 0.2) is 5.82 Å². The number of halogens is 2. The Kier molecular flexibility index (Phi) is 3.68. The highest BCUT2D eigenvalue weighted by molar-refractivity contribution is 9.13. The third kappa shape index (κ3) is 2.57. The van der Waals surface area contributed by atoms with Gasteiger partial charge >= 0.3 is 0 Å². The van der Waals surface area contributed by atoms with E-state index in [0.717, 1.165) is 9.08 Å². The summed E-state index contributed by atoms with van der Waals surface area (Å²) in [5, 5.41) is 2.79. The second-order valence-corrected chi connectivity index (χ2v) is 3.59. The van der Waals surface area contributed by atoms with Crippen LogP contribution in [0.15, 0.2) is 26.2 Å². The molecule has 5 heteroatoms. The molecule has 0 radical (unpaired) electrons. The Labute approximate surface area is 87.6 Å². The Hall–Kier alpha value is -0.420. The van der Waals surface area contributed by atoms with Crippen molar-refractivity contribution < 1.29 is 0 Å². The molecule has 1 rings (SSSR count). The second kappa shape index (κ2) is 4.57. The van der Waals surface area contributed by atoms with Crippen LogP contribution in [0.4, 0.5) is 5.82 Å². The van der Waals surface area contributed by atoms with Gasteiger partial charge in [-0.25, -0.2) is 9.98 Å². The summed E-state index contributed by atoms with van der Waals surface area (Å²) in [7, 11) is 1.79. The number of nitrogens with zero attached hydrogens (tertiary/aromatic N) is 2. The molecule has 0 aromatic carbocycles. The van der Waals surface area contributed by atoms with Gasteiger partial charge in [0, 0.05) is 7.05 Å². The third-order valence-electron chi connectivity index (χ3n) is 1.11. The predicted octanol–water partition coefficient (Wildman–Crippen LogP) is 2.49. The van der Waals surface area contributed by atoms with Crippen molar-refractivity contribution in [2.45, 2.75) is 0 Å². The van der Waals surface area contributed by atoms with Crippen LogP contribution in [-0.4, -0.2) is 18.4 Å². The van der Waals surface area contributed by atoms with Crippen molar-refractivity contribution in [1.29, 1.82) is 0 Å². The van der Waals surface area contributed by atoms with Gasteiger partial charge in [0.25, 0.3) is 0 Å². The zero-order valence-electron chi connectivity index (χ0n) is 6.38. The molecule has 64 valence electrons. The number of pyridine rings is 1. The lowest BCUT2D eigenvalue weighted by atomic mass is 10.5.